The van der Waals surface area contributed by atoms with Gasteiger partial charge in [0.2, 0.25) is 0 Å². The van der Waals surface area contributed by atoms with Crippen molar-refractivity contribution in [2.45, 2.75) is 5.16 Å². The first-order chi connectivity index (χ1) is 5.83. The van der Waals surface area contributed by atoms with Crippen LogP contribution in [0, 0.1) is 0 Å². The van der Waals surface area contributed by atoms with E-state index in [9.17, 15) is 0 Å². The first-order valence-electron chi connectivity index (χ1n) is 3.21. The maximum absolute atomic E-state index is 4.01. The van der Waals surface area contributed by atoms with Crippen LogP contribution in [0.3, 0.4) is 0 Å². The molecule has 0 fully saturated rings. The molecule has 0 N–H and O–H groups in total. The number of nitrogens with zero attached hydrogens (tertiary/aromatic N) is 4. The number of fused-ring (bicyclic) bond motifs is 1. The smallest absolute Gasteiger partial charge is 0.195 e. The Labute approximate surface area is 81.5 Å². The molecule has 2 rings (SSSR count). The summed E-state index contributed by atoms with van der Waals surface area (Å²) in [7, 11) is 0. The van der Waals surface area contributed by atoms with Crippen molar-refractivity contribution in [2.75, 3.05) is 6.26 Å². The van der Waals surface area contributed by atoms with E-state index in [0.29, 0.717) is 0 Å². The van der Waals surface area contributed by atoms with E-state index < -0.39 is 0 Å². The maximum Gasteiger partial charge on any atom is 0.195 e. The summed E-state index contributed by atoms with van der Waals surface area (Å²) in [6.45, 7) is 0. The molecular formula is C6H5BrN4S. The molecule has 62 valence electrons. The molecule has 0 aromatic carbocycles. The van der Waals surface area contributed by atoms with Crippen molar-refractivity contribution < 1.29 is 0 Å². The molecule has 4 nitrogen and oxygen atoms in total. The van der Waals surface area contributed by atoms with Gasteiger partial charge < -0.3 is 0 Å². The van der Waals surface area contributed by atoms with Gasteiger partial charge in [-0.3, -0.25) is 4.40 Å². The molecule has 2 aromatic heterocycles. The summed E-state index contributed by atoms with van der Waals surface area (Å²) in [6.07, 6.45) is 5.43. The predicted molar refractivity (Wildman–Crippen MR) is 50.3 cm³/mol. The van der Waals surface area contributed by atoms with Crippen LogP contribution >= 0.6 is 27.7 Å². The summed E-state index contributed by atoms with van der Waals surface area (Å²) in [5, 5.41) is 8.76. The Hall–Kier alpha value is -0.620. The second kappa shape index (κ2) is 3.02. The third-order valence-electron chi connectivity index (χ3n) is 1.46. The van der Waals surface area contributed by atoms with Gasteiger partial charge in [0.05, 0.1) is 6.20 Å². The average Bonchev–Trinajstić information content (AvgIpc) is 2.54. The van der Waals surface area contributed by atoms with Crippen LogP contribution in [-0.2, 0) is 0 Å². The van der Waals surface area contributed by atoms with Gasteiger partial charge in [0.1, 0.15) is 11.8 Å². The number of thioether (sulfide) groups is 1. The van der Waals surface area contributed by atoms with E-state index in [1.165, 1.54) is 0 Å². The molecule has 2 aromatic rings. The summed E-state index contributed by atoms with van der Waals surface area (Å²) in [5.41, 5.74) is 0.939. The minimum atomic E-state index is 0.720. The number of imidazole rings is 1. The zero-order valence-electron chi connectivity index (χ0n) is 6.23. The van der Waals surface area contributed by atoms with Gasteiger partial charge in [-0.25, -0.2) is 4.98 Å². The number of halogens is 1. The molecule has 0 bridgehead atoms. The van der Waals surface area contributed by atoms with Gasteiger partial charge in [-0.05, 0) is 22.2 Å². The zero-order valence-corrected chi connectivity index (χ0v) is 8.63. The summed E-state index contributed by atoms with van der Waals surface area (Å²) >= 11 is 4.84. The lowest BCUT2D eigenvalue weighted by molar-refractivity contribution is 0.796. The number of aromatic nitrogens is 4. The first kappa shape index (κ1) is 8.00. The third kappa shape index (κ3) is 1.11. The molecule has 0 aliphatic rings. The SMILES string of the molecule is CSc1nnc(Br)c2cncn12. The van der Waals surface area contributed by atoms with Crippen LogP contribution in [-0.4, -0.2) is 25.8 Å². The largest absolute Gasteiger partial charge is 0.274 e. The standard InChI is InChI=1S/C6H5BrN4S/c1-12-6-10-9-5(7)4-2-8-3-11(4)6/h2-3H,1H3. The molecule has 6 heteroatoms. The average molecular weight is 245 g/mol. The van der Waals surface area contributed by atoms with Crippen molar-refractivity contribution in [1.82, 2.24) is 19.6 Å². The minimum absolute atomic E-state index is 0.720. The van der Waals surface area contributed by atoms with E-state index in [0.717, 1.165) is 15.3 Å². The molecule has 0 saturated heterocycles. The fraction of sp³-hybridized carbons (Fsp3) is 0.167. The molecule has 0 aliphatic heterocycles. The van der Waals surface area contributed by atoms with E-state index in [4.69, 9.17) is 0 Å². The molecular weight excluding hydrogens is 240 g/mol. The highest BCUT2D eigenvalue weighted by Crippen LogP contribution is 2.18. The molecule has 2 heterocycles. The Morgan fingerprint density at radius 3 is 3.08 bits per heavy atom. The summed E-state index contributed by atoms with van der Waals surface area (Å²) < 4.78 is 2.61. The number of hydrogen-bond donors (Lipinski definition) is 0. The predicted octanol–water partition coefficient (Wildman–Crippen LogP) is 1.61. The van der Waals surface area contributed by atoms with E-state index in [1.807, 2.05) is 10.7 Å². The lowest BCUT2D eigenvalue weighted by Gasteiger charge is -1.99. The maximum atomic E-state index is 4.01. The zero-order chi connectivity index (χ0) is 8.55. The molecule has 0 aliphatic carbocycles. The fourth-order valence-electron chi connectivity index (χ4n) is 0.925. The topological polar surface area (TPSA) is 43.1 Å². The quantitative estimate of drug-likeness (QED) is 0.716. The van der Waals surface area contributed by atoms with Crippen molar-refractivity contribution in [3.05, 3.63) is 17.1 Å². The monoisotopic (exact) mass is 244 g/mol. The Morgan fingerprint density at radius 2 is 2.33 bits per heavy atom. The Morgan fingerprint density at radius 1 is 1.50 bits per heavy atom. The van der Waals surface area contributed by atoms with Gasteiger partial charge in [0.15, 0.2) is 9.76 Å². The van der Waals surface area contributed by atoms with Crippen LogP contribution < -0.4 is 0 Å². The van der Waals surface area contributed by atoms with Crippen LogP contribution in [0.15, 0.2) is 22.3 Å². The molecule has 0 unspecified atom stereocenters. The Bertz CT molecular complexity index is 413. The lowest BCUT2D eigenvalue weighted by Crippen LogP contribution is -1.95. The van der Waals surface area contributed by atoms with Gasteiger partial charge in [-0.1, -0.05) is 11.8 Å². The molecule has 0 saturated carbocycles. The first-order valence-corrected chi connectivity index (χ1v) is 5.23. The van der Waals surface area contributed by atoms with Crippen LogP contribution in [0.1, 0.15) is 0 Å². The summed E-state index contributed by atoms with van der Waals surface area (Å²) in [4.78, 5) is 4.01. The summed E-state index contributed by atoms with van der Waals surface area (Å²) in [6, 6.07) is 0. The van der Waals surface area contributed by atoms with Gasteiger partial charge in [-0.2, -0.15) is 0 Å². The van der Waals surface area contributed by atoms with Crippen molar-refractivity contribution in [3.8, 4) is 0 Å². The minimum Gasteiger partial charge on any atom is -0.274 e. The number of hydrogen-bond acceptors (Lipinski definition) is 4. The highest BCUT2D eigenvalue weighted by atomic mass is 79.9. The van der Waals surface area contributed by atoms with E-state index in [2.05, 4.69) is 31.1 Å². The van der Waals surface area contributed by atoms with Crippen molar-refractivity contribution in [2.24, 2.45) is 0 Å². The summed E-state index contributed by atoms with van der Waals surface area (Å²) in [5.74, 6) is 0. The fourth-order valence-corrected chi connectivity index (χ4v) is 1.76. The van der Waals surface area contributed by atoms with E-state index in [1.54, 1.807) is 24.3 Å². The molecule has 0 radical (unpaired) electrons. The van der Waals surface area contributed by atoms with Crippen LogP contribution in [0.5, 0.6) is 0 Å². The second-order valence-electron chi connectivity index (χ2n) is 2.13. The molecule has 0 atom stereocenters. The van der Waals surface area contributed by atoms with Crippen LogP contribution in [0.4, 0.5) is 0 Å². The van der Waals surface area contributed by atoms with Crippen LogP contribution in [0.2, 0.25) is 0 Å². The highest BCUT2D eigenvalue weighted by molar-refractivity contribution is 9.10. The molecule has 12 heavy (non-hydrogen) atoms. The second-order valence-corrected chi connectivity index (χ2v) is 3.65. The number of rotatable bonds is 1. The van der Waals surface area contributed by atoms with Gasteiger partial charge >= 0.3 is 0 Å². The highest BCUT2D eigenvalue weighted by Gasteiger charge is 2.05. The van der Waals surface area contributed by atoms with Gasteiger partial charge in [0, 0.05) is 0 Å². The van der Waals surface area contributed by atoms with E-state index >= 15 is 0 Å². The van der Waals surface area contributed by atoms with E-state index in [-0.39, 0.29) is 0 Å². The molecule has 0 spiro atoms. The van der Waals surface area contributed by atoms with Crippen LogP contribution in [0.25, 0.3) is 5.52 Å². The Balaban J connectivity index is 2.82. The molecule has 0 amide bonds. The van der Waals surface area contributed by atoms with Crippen molar-refractivity contribution in [1.29, 1.82) is 0 Å². The normalized spacial score (nSPS) is 10.8. The van der Waals surface area contributed by atoms with Crippen molar-refractivity contribution in [3.63, 3.8) is 0 Å². The Kier molecular flexibility index (Phi) is 2.02. The van der Waals surface area contributed by atoms with Gasteiger partial charge in [-0.15, -0.1) is 10.2 Å². The van der Waals surface area contributed by atoms with Gasteiger partial charge in [0.25, 0.3) is 0 Å². The third-order valence-corrected chi connectivity index (χ3v) is 2.67. The van der Waals surface area contributed by atoms with Crippen molar-refractivity contribution >= 4 is 33.2 Å². The lowest BCUT2D eigenvalue weighted by atomic mass is 10.6.